The van der Waals surface area contributed by atoms with Crippen LogP contribution in [0.3, 0.4) is 0 Å². The van der Waals surface area contributed by atoms with E-state index in [9.17, 15) is 9.70 Å². The zero-order valence-electron chi connectivity index (χ0n) is 15.3. The highest BCUT2D eigenvalue weighted by molar-refractivity contribution is 5.80. The van der Waals surface area contributed by atoms with Gasteiger partial charge in [0.25, 0.3) is 0 Å². The van der Waals surface area contributed by atoms with Gasteiger partial charge < -0.3 is 14.4 Å². The lowest BCUT2D eigenvalue weighted by atomic mass is 10.1. The standard InChI is InChI=1S/C19H23N3O4/c1-4-25-17-10-14(16(21-24)12-18(17)26-5-2)11-19(23)22(3)13-15-8-6-7-9-20-15/h6-10,12H,4-5,11,13H2,1-3H3. The molecule has 0 aliphatic heterocycles. The van der Waals surface area contributed by atoms with E-state index in [-0.39, 0.29) is 18.0 Å². The van der Waals surface area contributed by atoms with Crippen molar-refractivity contribution in [2.45, 2.75) is 26.8 Å². The summed E-state index contributed by atoms with van der Waals surface area (Å²) in [5.74, 6) is 0.797. The van der Waals surface area contributed by atoms with Gasteiger partial charge >= 0.3 is 0 Å². The molecule has 0 bridgehead atoms. The maximum Gasteiger partial charge on any atom is 0.227 e. The smallest absolute Gasteiger partial charge is 0.227 e. The van der Waals surface area contributed by atoms with Gasteiger partial charge in [-0.1, -0.05) is 6.07 Å². The molecule has 0 spiro atoms. The summed E-state index contributed by atoms with van der Waals surface area (Å²) >= 11 is 0. The van der Waals surface area contributed by atoms with Gasteiger partial charge in [-0.15, -0.1) is 4.91 Å². The Morgan fingerprint density at radius 3 is 2.42 bits per heavy atom. The van der Waals surface area contributed by atoms with Crippen molar-refractivity contribution in [2.24, 2.45) is 5.18 Å². The van der Waals surface area contributed by atoms with Gasteiger partial charge in [0, 0.05) is 19.3 Å². The van der Waals surface area contributed by atoms with Crippen LogP contribution in [0.2, 0.25) is 0 Å². The number of pyridine rings is 1. The number of hydrogen-bond donors (Lipinski definition) is 0. The Balaban J connectivity index is 2.19. The highest BCUT2D eigenvalue weighted by Gasteiger charge is 2.18. The van der Waals surface area contributed by atoms with Gasteiger partial charge in [-0.2, -0.15) is 0 Å². The van der Waals surface area contributed by atoms with Crippen molar-refractivity contribution in [1.82, 2.24) is 9.88 Å². The SMILES string of the molecule is CCOc1cc(CC(=O)N(C)Cc2ccccn2)c(N=O)cc1OCC. The Bertz CT molecular complexity index is 750. The fraction of sp³-hybridized carbons (Fsp3) is 0.368. The Morgan fingerprint density at radius 1 is 1.15 bits per heavy atom. The minimum absolute atomic E-state index is 0.0386. The number of carbonyl (C=O) groups is 1. The first kappa shape index (κ1) is 19.4. The molecule has 0 saturated heterocycles. The maximum atomic E-state index is 12.5. The maximum absolute atomic E-state index is 12.5. The van der Waals surface area contributed by atoms with E-state index in [0.717, 1.165) is 5.69 Å². The van der Waals surface area contributed by atoms with E-state index in [4.69, 9.17) is 9.47 Å². The highest BCUT2D eigenvalue weighted by Crippen LogP contribution is 2.35. The number of rotatable bonds is 9. The summed E-state index contributed by atoms with van der Waals surface area (Å²) < 4.78 is 11.1. The van der Waals surface area contributed by atoms with Crippen LogP contribution >= 0.6 is 0 Å². The minimum Gasteiger partial charge on any atom is -0.490 e. The van der Waals surface area contributed by atoms with Crippen LogP contribution in [0.25, 0.3) is 0 Å². The van der Waals surface area contributed by atoms with Crippen LogP contribution in [-0.4, -0.2) is 36.1 Å². The molecule has 0 saturated carbocycles. The zero-order valence-corrected chi connectivity index (χ0v) is 15.3. The first-order valence-corrected chi connectivity index (χ1v) is 8.48. The third-order valence-electron chi connectivity index (χ3n) is 3.74. The normalized spacial score (nSPS) is 10.3. The van der Waals surface area contributed by atoms with Gasteiger partial charge in [-0.3, -0.25) is 9.78 Å². The van der Waals surface area contributed by atoms with Crippen LogP contribution in [0.15, 0.2) is 41.7 Å². The number of benzene rings is 1. The molecule has 0 unspecified atom stereocenters. The summed E-state index contributed by atoms with van der Waals surface area (Å²) in [6.07, 6.45) is 1.72. The predicted molar refractivity (Wildman–Crippen MR) is 98.7 cm³/mol. The van der Waals surface area contributed by atoms with E-state index in [1.165, 1.54) is 6.07 Å². The number of nitrogens with zero attached hydrogens (tertiary/aromatic N) is 3. The molecule has 138 valence electrons. The molecule has 1 heterocycles. The number of hydrogen-bond acceptors (Lipinski definition) is 6. The second kappa shape index (κ2) is 9.50. The summed E-state index contributed by atoms with van der Waals surface area (Å²) in [5.41, 5.74) is 1.47. The molecule has 2 aromatic rings. The van der Waals surface area contributed by atoms with E-state index < -0.39 is 0 Å². The van der Waals surface area contributed by atoms with Crippen molar-refractivity contribution < 1.29 is 14.3 Å². The van der Waals surface area contributed by atoms with Crippen molar-refractivity contribution in [2.75, 3.05) is 20.3 Å². The largest absolute Gasteiger partial charge is 0.490 e. The third kappa shape index (κ3) is 5.02. The van der Waals surface area contributed by atoms with E-state index in [2.05, 4.69) is 10.2 Å². The Labute approximate surface area is 152 Å². The number of amides is 1. The second-order valence-corrected chi connectivity index (χ2v) is 5.63. The number of likely N-dealkylation sites (N-methyl/N-ethyl adjacent to an activating group) is 1. The molecule has 1 aromatic carbocycles. The van der Waals surface area contributed by atoms with Crippen LogP contribution in [-0.2, 0) is 17.8 Å². The van der Waals surface area contributed by atoms with Crippen molar-refractivity contribution >= 4 is 11.6 Å². The quantitative estimate of drug-likeness (QED) is 0.642. The molecule has 0 fully saturated rings. The number of carbonyl (C=O) groups excluding carboxylic acids is 1. The van der Waals surface area contributed by atoms with E-state index in [1.54, 1.807) is 24.2 Å². The second-order valence-electron chi connectivity index (χ2n) is 5.63. The number of nitroso groups, excluding NO2 is 1. The molecule has 0 atom stereocenters. The predicted octanol–water partition coefficient (Wildman–Crippen LogP) is 3.48. The molecule has 7 heteroatoms. The summed E-state index contributed by atoms with van der Waals surface area (Å²) in [6.45, 7) is 4.96. The lowest BCUT2D eigenvalue weighted by Crippen LogP contribution is -2.28. The molecular formula is C19H23N3O4. The molecule has 7 nitrogen and oxygen atoms in total. The molecule has 26 heavy (non-hydrogen) atoms. The zero-order chi connectivity index (χ0) is 18.9. The lowest BCUT2D eigenvalue weighted by Gasteiger charge is -2.18. The van der Waals surface area contributed by atoms with Crippen LogP contribution in [0.4, 0.5) is 5.69 Å². The Hall–Kier alpha value is -2.96. The Kier molecular flexibility index (Phi) is 7.08. The summed E-state index contributed by atoms with van der Waals surface area (Å²) in [4.78, 5) is 29.5. The fourth-order valence-electron chi connectivity index (χ4n) is 2.48. The first-order chi connectivity index (χ1) is 12.6. The van der Waals surface area contributed by atoms with Crippen LogP contribution < -0.4 is 9.47 Å². The molecular weight excluding hydrogens is 334 g/mol. The van der Waals surface area contributed by atoms with Crippen LogP contribution in [0.1, 0.15) is 25.1 Å². The average molecular weight is 357 g/mol. The monoisotopic (exact) mass is 357 g/mol. The van der Waals surface area contributed by atoms with E-state index in [1.807, 2.05) is 32.0 Å². The van der Waals surface area contributed by atoms with Crippen LogP contribution in [0.5, 0.6) is 11.5 Å². The van der Waals surface area contributed by atoms with Gasteiger partial charge in [-0.05, 0) is 42.8 Å². The molecule has 2 rings (SSSR count). The van der Waals surface area contributed by atoms with Gasteiger partial charge in [-0.25, -0.2) is 0 Å². The molecule has 0 aliphatic carbocycles. The minimum atomic E-state index is -0.146. The third-order valence-corrected chi connectivity index (χ3v) is 3.74. The fourth-order valence-corrected chi connectivity index (χ4v) is 2.48. The average Bonchev–Trinajstić information content (AvgIpc) is 2.64. The molecule has 0 aliphatic rings. The van der Waals surface area contributed by atoms with Gasteiger partial charge in [0.2, 0.25) is 5.91 Å². The molecule has 1 aromatic heterocycles. The number of aromatic nitrogens is 1. The number of ether oxygens (including phenoxy) is 2. The van der Waals surface area contributed by atoms with Crippen molar-refractivity contribution in [3.8, 4) is 11.5 Å². The van der Waals surface area contributed by atoms with Gasteiger partial charge in [0.05, 0.1) is 31.9 Å². The first-order valence-electron chi connectivity index (χ1n) is 8.48. The van der Waals surface area contributed by atoms with Crippen molar-refractivity contribution in [1.29, 1.82) is 0 Å². The molecule has 0 radical (unpaired) electrons. The van der Waals surface area contributed by atoms with Crippen molar-refractivity contribution in [3.05, 3.63) is 52.7 Å². The summed E-state index contributed by atoms with van der Waals surface area (Å²) in [7, 11) is 1.70. The van der Waals surface area contributed by atoms with Crippen molar-refractivity contribution in [3.63, 3.8) is 0 Å². The topological polar surface area (TPSA) is 81.1 Å². The summed E-state index contributed by atoms with van der Waals surface area (Å²) in [5, 5.41) is 3.04. The Morgan fingerprint density at radius 2 is 1.85 bits per heavy atom. The van der Waals surface area contributed by atoms with Gasteiger partial charge in [0.15, 0.2) is 11.5 Å². The van der Waals surface area contributed by atoms with E-state index >= 15 is 0 Å². The summed E-state index contributed by atoms with van der Waals surface area (Å²) in [6, 6.07) is 8.71. The highest BCUT2D eigenvalue weighted by atomic mass is 16.5. The molecule has 0 N–H and O–H groups in total. The molecule has 1 amide bonds. The van der Waals surface area contributed by atoms with Crippen LogP contribution in [0, 0.1) is 4.91 Å². The lowest BCUT2D eigenvalue weighted by molar-refractivity contribution is -0.129. The van der Waals surface area contributed by atoms with E-state index in [0.29, 0.717) is 36.8 Å². The van der Waals surface area contributed by atoms with Gasteiger partial charge in [0.1, 0.15) is 5.69 Å².